The second-order valence-corrected chi connectivity index (χ2v) is 6.81. The minimum Gasteiger partial charge on any atom is -0.381 e. The van der Waals surface area contributed by atoms with Gasteiger partial charge in [-0.1, -0.05) is 17.7 Å². The van der Waals surface area contributed by atoms with E-state index in [-0.39, 0.29) is 11.2 Å². The molecular weight excluding hydrogens is 277 g/mol. The molecule has 0 atom stereocenters. The van der Waals surface area contributed by atoms with Gasteiger partial charge in [0.2, 0.25) is 0 Å². The van der Waals surface area contributed by atoms with E-state index in [9.17, 15) is 4.39 Å². The van der Waals surface area contributed by atoms with Crippen LogP contribution in [0.2, 0.25) is 5.02 Å². The highest BCUT2D eigenvalue weighted by Crippen LogP contribution is 2.60. The molecule has 0 bridgehead atoms. The van der Waals surface area contributed by atoms with Crippen LogP contribution >= 0.6 is 11.6 Å². The Morgan fingerprint density at radius 3 is 2.60 bits per heavy atom. The predicted molar refractivity (Wildman–Crippen MR) is 78.7 cm³/mol. The summed E-state index contributed by atoms with van der Waals surface area (Å²) < 4.78 is 18.8. The van der Waals surface area contributed by atoms with Crippen molar-refractivity contribution in [1.82, 2.24) is 5.32 Å². The van der Waals surface area contributed by atoms with Crippen LogP contribution in [-0.4, -0.2) is 26.8 Å². The van der Waals surface area contributed by atoms with Crippen molar-refractivity contribution in [3.63, 3.8) is 0 Å². The van der Waals surface area contributed by atoms with Gasteiger partial charge in [0, 0.05) is 30.2 Å². The monoisotopic (exact) mass is 297 g/mol. The Morgan fingerprint density at radius 1 is 1.30 bits per heavy atom. The van der Waals surface area contributed by atoms with Crippen LogP contribution < -0.4 is 5.32 Å². The minimum atomic E-state index is -0.265. The van der Waals surface area contributed by atoms with Gasteiger partial charge in [0.15, 0.2) is 0 Å². The van der Waals surface area contributed by atoms with Gasteiger partial charge < -0.3 is 10.1 Å². The first-order chi connectivity index (χ1) is 9.59. The Labute approximate surface area is 124 Å². The molecular formula is C16H21ClFNO. The van der Waals surface area contributed by atoms with Gasteiger partial charge >= 0.3 is 0 Å². The molecule has 1 aromatic carbocycles. The Balaban J connectivity index is 1.87. The smallest absolute Gasteiger partial charge is 0.124 e. The van der Waals surface area contributed by atoms with Gasteiger partial charge in [0.25, 0.3) is 0 Å². The van der Waals surface area contributed by atoms with E-state index in [4.69, 9.17) is 16.3 Å². The van der Waals surface area contributed by atoms with Gasteiger partial charge in [-0.05, 0) is 55.8 Å². The Bertz CT molecular complexity index is 491. The normalized spacial score (nSPS) is 23.6. The van der Waals surface area contributed by atoms with E-state index < -0.39 is 0 Å². The van der Waals surface area contributed by atoms with Crippen LogP contribution in [0.1, 0.15) is 31.2 Å². The SMILES string of the molecule is CNCC1(c2ccc(F)cc2Cl)CC2(CCOCC2)C1. The molecule has 1 aliphatic heterocycles. The number of ether oxygens (including phenoxy) is 1. The number of nitrogens with one attached hydrogen (secondary N) is 1. The highest BCUT2D eigenvalue weighted by Gasteiger charge is 2.55. The fourth-order valence-corrected chi connectivity index (χ4v) is 4.58. The van der Waals surface area contributed by atoms with Crippen LogP contribution in [0.4, 0.5) is 4.39 Å². The van der Waals surface area contributed by atoms with E-state index in [1.807, 2.05) is 13.1 Å². The first kappa shape index (κ1) is 14.3. The summed E-state index contributed by atoms with van der Waals surface area (Å²) in [6, 6.07) is 4.82. The highest BCUT2D eigenvalue weighted by molar-refractivity contribution is 6.31. The third kappa shape index (κ3) is 2.36. The number of likely N-dealkylation sites (N-methyl/N-ethyl adjacent to an activating group) is 1. The quantitative estimate of drug-likeness (QED) is 0.921. The van der Waals surface area contributed by atoms with E-state index in [2.05, 4.69) is 5.32 Å². The summed E-state index contributed by atoms with van der Waals surface area (Å²) in [6.07, 6.45) is 4.51. The van der Waals surface area contributed by atoms with Crippen molar-refractivity contribution in [2.45, 2.75) is 31.1 Å². The molecule has 4 heteroatoms. The summed E-state index contributed by atoms with van der Waals surface area (Å²) in [5.41, 5.74) is 1.55. The molecule has 1 spiro atoms. The number of hydrogen-bond donors (Lipinski definition) is 1. The number of hydrogen-bond acceptors (Lipinski definition) is 2. The van der Waals surface area contributed by atoms with Gasteiger partial charge in [-0.15, -0.1) is 0 Å². The largest absolute Gasteiger partial charge is 0.381 e. The number of benzene rings is 1. The van der Waals surface area contributed by atoms with Gasteiger partial charge in [-0.3, -0.25) is 0 Å². The minimum absolute atomic E-state index is 0.0525. The lowest BCUT2D eigenvalue weighted by Crippen LogP contribution is -2.56. The maximum Gasteiger partial charge on any atom is 0.124 e. The first-order valence-corrected chi connectivity index (χ1v) is 7.65. The summed E-state index contributed by atoms with van der Waals surface area (Å²) >= 11 is 6.30. The van der Waals surface area contributed by atoms with Crippen molar-refractivity contribution >= 4 is 11.6 Å². The van der Waals surface area contributed by atoms with Crippen molar-refractivity contribution in [1.29, 1.82) is 0 Å². The van der Waals surface area contributed by atoms with Crippen LogP contribution in [0.25, 0.3) is 0 Å². The molecule has 1 aliphatic carbocycles. The average Bonchev–Trinajstić information content (AvgIpc) is 2.38. The van der Waals surface area contributed by atoms with Crippen LogP contribution in [0.5, 0.6) is 0 Å². The Kier molecular flexibility index (Phi) is 3.78. The van der Waals surface area contributed by atoms with Crippen LogP contribution in [0.15, 0.2) is 18.2 Å². The van der Waals surface area contributed by atoms with Crippen molar-refractivity contribution < 1.29 is 9.13 Å². The van der Waals surface area contributed by atoms with E-state index in [0.29, 0.717) is 10.4 Å². The molecule has 1 saturated heterocycles. The lowest BCUT2D eigenvalue weighted by molar-refractivity contribution is -0.0732. The standard InChI is InChI=1S/C16H21ClFNO/c1-19-11-16(13-3-2-12(18)8-14(13)17)9-15(10-16)4-6-20-7-5-15/h2-3,8,19H,4-7,9-11H2,1H3. The van der Waals surface area contributed by atoms with Crippen molar-refractivity contribution in [3.8, 4) is 0 Å². The van der Waals surface area contributed by atoms with Crippen molar-refractivity contribution in [2.24, 2.45) is 5.41 Å². The number of rotatable bonds is 3. The topological polar surface area (TPSA) is 21.3 Å². The van der Waals surface area contributed by atoms with Crippen LogP contribution in [0.3, 0.4) is 0 Å². The van der Waals surface area contributed by atoms with E-state index in [1.54, 1.807) is 0 Å². The van der Waals surface area contributed by atoms with Gasteiger partial charge in [-0.25, -0.2) is 4.39 Å². The zero-order chi connectivity index (χ0) is 14.2. The lowest BCUT2D eigenvalue weighted by Gasteiger charge is -2.58. The van der Waals surface area contributed by atoms with Gasteiger partial charge in [0.05, 0.1) is 0 Å². The molecule has 0 radical (unpaired) electrons. The maximum atomic E-state index is 13.3. The summed E-state index contributed by atoms with van der Waals surface area (Å²) in [5, 5.41) is 3.85. The molecule has 1 N–H and O–H groups in total. The molecule has 1 saturated carbocycles. The Morgan fingerprint density at radius 2 is 2.00 bits per heavy atom. The molecule has 0 aromatic heterocycles. The molecule has 0 amide bonds. The molecule has 1 aromatic rings. The highest BCUT2D eigenvalue weighted by atomic mass is 35.5. The summed E-state index contributed by atoms with van der Waals surface area (Å²) in [7, 11) is 1.97. The second kappa shape index (κ2) is 5.28. The van der Waals surface area contributed by atoms with Gasteiger partial charge in [-0.2, -0.15) is 0 Å². The van der Waals surface area contributed by atoms with E-state index in [1.165, 1.54) is 12.1 Å². The van der Waals surface area contributed by atoms with E-state index >= 15 is 0 Å². The third-order valence-corrected chi connectivity index (χ3v) is 5.31. The average molecular weight is 298 g/mol. The van der Waals surface area contributed by atoms with Gasteiger partial charge in [0.1, 0.15) is 5.82 Å². The summed E-state index contributed by atoms with van der Waals surface area (Å²) in [4.78, 5) is 0. The Hall–Kier alpha value is -0.640. The molecule has 3 rings (SSSR count). The van der Waals surface area contributed by atoms with Crippen molar-refractivity contribution in [2.75, 3.05) is 26.8 Å². The first-order valence-electron chi connectivity index (χ1n) is 7.27. The fraction of sp³-hybridized carbons (Fsp3) is 0.625. The molecule has 2 fully saturated rings. The molecule has 110 valence electrons. The molecule has 2 aliphatic rings. The number of halogens is 2. The molecule has 2 nitrogen and oxygen atoms in total. The van der Waals surface area contributed by atoms with Crippen LogP contribution in [-0.2, 0) is 10.2 Å². The zero-order valence-electron chi connectivity index (χ0n) is 11.8. The summed E-state index contributed by atoms with van der Waals surface area (Å²) in [5.74, 6) is -0.265. The molecule has 0 unspecified atom stereocenters. The zero-order valence-corrected chi connectivity index (χ0v) is 12.6. The fourth-order valence-electron chi connectivity index (χ4n) is 4.21. The molecule has 1 heterocycles. The third-order valence-electron chi connectivity index (χ3n) is 5.00. The maximum absolute atomic E-state index is 13.3. The predicted octanol–water partition coefficient (Wildman–Crippen LogP) is 3.53. The van der Waals surface area contributed by atoms with Crippen molar-refractivity contribution in [3.05, 3.63) is 34.6 Å². The lowest BCUT2D eigenvalue weighted by atomic mass is 9.48. The second-order valence-electron chi connectivity index (χ2n) is 6.40. The van der Waals surface area contributed by atoms with E-state index in [0.717, 1.165) is 51.0 Å². The molecule has 20 heavy (non-hydrogen) atoms. The van der Waals surface area contributed by atoms with Crippen LogP contribution in [0, 0.1) is 11.2 Å². The summed E-state index contributed by atoms with van der Waals surface area (Å²) in [6.45, 7) is 2.63.